The Balaban J connectivity index is 0.00000144. The van der Waals surface area contributed by atoms with Crippen molar-refractivity contribution in [1.82, 2.24) is 10.6 Å². The zero-order valence-corrected chi connectivity index (χ0v) is 10.2. The second-order valence-corrected chi connectivity index (χ2v) is 4.03. The highest BCUT2D eigenvalue weighted by atomic mass is 35.5. The third kappa shape index (κ3) is 3.98. The van der Waals surface area contributed by atoms with Crippen LogP contribution in [0.15, 0.2) is 24.3 Å². The molecule has 1 heterocycles. The maximum absolute atomic E-state index is 12.6. The van der Waals surface area contributed by atoms with Crippen molar-refractivity contribution < 1.29 is 9.18 Å². The highest BCUT2D eigenvalue weighted by Crippen LogP contribution is 2.08. The van der Waals surface area contributed by atoms with Crippen molar-refractivity contribution in [2.75, 3.05) is 13.1 Å². The summed E-state index contributed by atoms with van der Waals surface area (Å²) in [6, 6.07) is 6.17. The molecule has 1 aliphatic rings. The quantitative estimate of drug-likeness (QED) is 0.862. The van der Waals surface area contributed by atoms with Crippen LogP contribution in [-0.2, 0) is 11.3 Å². The zero-order chi connectivity index (χ0) is 11.4. The third-order valence-electron chi connectivity index (χ3n) is 2.81. The molecular weight excluding hydrogens is 243 g/mol. The van der Waals surface area contributed by atoms with Crippen LogP contribution < -0.4 is 10.6 Å². The fraction of sp³-hybridized carbons (Fsp3) is 0.417. The summed E-state index contributed by atoms with van der Waals surface area (Å²) in [6.45, 7) is 2.14. The maximum Gasteiger partial charge on any atom is 0.224 e. The minimum Gasteiger partial charge on any atom is -0.352 e. The van der Waals surface area contributed by atoms with Crippen molar-refractivity contribution in [2.24, 2.45) is 5.92 Å². The highest BCUT2D eigenvalue weighted by Gasteiger charge is 2.21. The van der Waals surface area contributed by atoms with Gasteiger partial charge >= 0.3 is 0 Å². The average molecular weight is 259 g/mol. The third-order valence-corrected chi connectivity index (χ3v) is 2.81. The second kappa shape index (κ2) is 6.57. The molecular formula is C12H16ClFN2O. The molecule has 1 amide bonds. The van der Waals surface area contributed by atoms with Crippen LogP contribution in [0.2, 0.25) is 0 Å². The molecule has 94 valence electrons. The summed E-state index contributed by atoms with van der Waals surface area (Å²) < 4.78 is 12.6. The van der Waals surface area contributed by atoms with Gasteiger partial charge in [0.1, 0.15) is 5.82 Å². The number of rotatable bonds is 3. The number of amides is 1. The molecule has 17 heavy (non-hydrogen) atoms. The molecule has 0 saturated carbocycles. The standard InChI is InChI=1S/C12H15FN2O.ClH/c13-11-3-1-9(2-4-11)7-15-12(16)10-5-6-14-8-10;/h1-4,10,14H,5-8H2,(H,15,16);1H. The minimum atomic E-state index is -0.255. The number of hydrogen-bond acceptors (Lipinski definition) is 2. The molecule has 2 rings (SSSR count). The monoisotopic (exact) mass is 258 g/mol. The fourth-order valence-electron chi connectivity index (χ4n) is 1.81. The first kappa shape index (κ1) is 13.9. The van der Waals surface area contributed by atoms with Crippen molar-refractivity contribution in [1.29, 1.82) is 0 Å². The highest BCUT2D eigenvalue weighted by molar-refractivity contribution is 5.85. The van der Waals surface area contributed by atoms with E-state index in [-0.39, 0.29) is 30.0 Å². The molecule has 3 nitrogen and oxygen atoms in total. The van der Waals surface area contributed by atoms with Gasteiger partial charge in [-0.15, -0.1) is 12.4 Å². The topological polar surface area (TPSA) is 41.1 Å². The van der Waals surface area contributed by atoms with Crippen molar-refractivity contribution >= 4 is 18.3 Å². The van der Waals surface area contributed by atoms with Gasteiger partial charge in [0, 0.05) is 13.1 Å². The van der Waals surface area contributed by atoms with E-state index < -0.39 is 0 Å². The van der Waals surface area contributed by atoms with Crippen molar-refractivity contribution in [3.8, 4) is 0 Å². The van der Waals surface area contributed by atoms with E-state index >= 15 is 0 Å². The Labute approximate surface area is 106 Å². The molecule has 0 aromatic heterocycles. The van der Waals surface area contributed by atoms with E-state index in [1.54, 1.807) is 12.1 Å². The van der Waals surface area contributed by atoms with Crippen molar-refractivity contribution in [3.05, 3.63) is 35.6 Å². The van der Waals surface area contributed by atoms with E-state index in [1.807, 2.05) is 0 Å². The van der Waals surface area contributed by atoms with Crippen LogP contribution in [-0.4, -0.2) is 19.0 Å². The van der Waals surface area contributed by atoms with Gasteiger partial charge in [-0.1, -0.05) is 12.1 Å². The minimum absolute atomic E-state index is 0. The summed E-state index contributed by atoms with van der Waals surface area (Å²) in [6.07, 6.45) is 0.898. The number of nitrogens with one attached hydrogen (secondary N) is 2. The van der Waals surface area contributed by atoms with Gasteiger partial charge in [0.15, 0.2) is 0 Å². The van der Waals surface area contributed by atoms with Crippen molar-refractivity contribution in [2.45, 2.75) is 13.0 Å². The Kier molecular flexibility index (Phi) is 5.38. The van der Waals surface area contributed by atoms with Crippen LogP contribution in [0.1, 0.15) is 12.0 Å². The van der Waals surface area contributed by atoms with Crippen LogP contribution >= 0.6 is 12.4 Å². The number of hydrogen-bond donors (Lipinski definition) is 2. The molecule has 1 fully saturated rings. The predicted molar refractivity (Wildman–Crippen MR) is 66.5 cm³/mol. The largest absolute Gasteiger partial charge is 0.352 e. The fourth-order valence-corrected chi connectivity index (χ4v) is 1.81. The van der Waals surface area contributed by atoms with Gasteiger partial charge in [-0.2, -0.15) is 0 Å². The smallest absolute Gasteiger partial charge is 0.224 e. The summed E-state index contributed by atoms with van der Waals surface area (Å²) in [4.78, 5) is 11.7. The predicted octanol–water partition coefficient (Wildman–Crippen LogP) is 1.47. The van der Waals surface area contributed by atoms with E-state index in [2.05, 4.69) is 10.6 Å². The molecule has 1 saturated heterocycles. The van der Waals surface area contributed by atoms with E-state index in [4.69, 9.17) is 0 Å². The number of carbonyl (C=O) groups is 1. The Bertz CT molecular complexity index is 363. The molecule has 1 aromatic rings. The van der Waals surface area contributed by atoms with Gasteiger partial charge < -0.3 is 10.6 Å². The Morgan fingerprint density at radius 2 is 2.12 bits per heavy atom. The van der Waals surface area contributed by atoms with Gasteiger partial charge in [-0.05, 0) is 30.7 Å². The van der Waals surface area contributed by atoms with Gasteiger partial charge in [0.25, 0.3) is 0 Å². The number of halogens is 2. The van der Waals surface area contributed by atoms with E-state index in [1.165, 1.54) is 12.1 Å². The molecule has 1 atom stereocenters. The summed E-state index contributed by atoms with van der Waals surface area (Å²) in [5, 5.41) is 6.01. The number of benzene rings is 1. The lowest BCUT2D eigenvalue weighted by molar-refractivity contribution is -0.124. The second-order valence-electron chi connectivity index (χ2n) is 4.03. The average Bonchev–Trinajstić information content (AvgIpc) is 2.81. The van der Waals surface area contributed by atoms with E-state index in [0.29, 0.717) is 6.54 Å². The lowest BCUT2D eigenvalue weighted by Crippen LogP contribution is -2.31. The lowest BCUT2D eigenvalue weighted by atomic mass is 10.1. The van der Waals surface area contributed by atoms with Gasteiger partial charge in [0.05, 0.1) is 5.92 Å². The van der Waals surface area contributed by atoms with Crippen molar-refractivity contribution in [3.63, 3.8) is 0 Å². The SMILES string of the molecule is Cl.O=C(NCc1ccc(F)cc1)C1CCNC1. The van der Waals surface area contributed by atoms with Crippen LogP contribution in [0.5, 0.6) is 0 Å². The Hall–Kier alpha value is -1.13. The van der Waals surface area contributed by atoms with E-state index in [0.717, 1.165) is 25.1 Å². The summed E-state index contributed by atoms with van der Waals surface area (Å²) in [5.41, 5.74) is 0.917. The molecule has 0 aliphatic carbocycles. The first-order chi connectivity index (χ1) is 7.75. The summed E-state index contributed by atoms with van der Waals surface area (Å²) >= 11 is 0. The molecule has 5 heteroatoms. The molecule has 1 unspecified atom stereocenters. The Morgan fingerprint density at radius 1 is 1.41 bits per heavy atom. The van der Waals surface area contributed by atoms with Gasteiger partial charge in [-0.25, -0.2) is 4.39 Å². The van der Waals surface area contributed by atoms with Gasteiger partial charge in [-0.3, -0.25) is 4.79 Å². The first-order valence-electron chi connectivity index (χ1n) is 5.48. The zero-order valence-electron chi connectivity index (χ0n) is 9.41. The lowest BCUT2D eigenvalue weighted by Gasteiger charge is -2.09. The van der Waals surface area contributed by atoms with Crippen LogP contribution in [0, 0.1) is 11.7 Å². The number of carbonyl (C=O) groups excluding carboxylic acids is 1. The van der Waals surface area contributed by atoms with Crippen LogP contribution in [0.25, 0.3) is 0 Å². The first-order valence-corrected chi connectivity index (χ1v) is 5.48. The summed E-state index contributed by atoms with van der Waals surface area (Å²) in [5.74, 6) is -0.0927. The van der Waals surface area contributed by atoms with E-state index in [9.17, 15) is 9.18 Å². The molecule has 1 aliphatic heterocycles. The van der Waals surface area contributed by atoms with Crippen LogP contribution in [0.4, 0.5) is 4.39 Å². The molecule has 0 bridgehead atoms. The normalized spacial score (nSPS) is 18.5. The maximum atomic E-state index is 12.6. The van der Waals surface area contributed by atoms with Crippen LogP contribution in [0.3, 0.4) is 0 Å². The molecule has 0 spiro atoms. The molecule has 0 radical (unpaired) electrons. The van der Waals surface area contributed by atoms with Gasteiger partial charge in [0.2, 0.25) is 5.91 Å². The Morgan fingerprint density at radius 3 is 2.71 bits per heavy atom. The molecule has 2 N–H and O–H groups in total. The summed E-state index contributed by atoms with van der Waals surface area (Å²) in [7, 11) is 0. The molecule has 1 aromatic carbocycles.